The van der Waals surface area contributed by atoms with Crippen LogP contribution in [0.1, 0.15) is 40.5 Å². The summed E-state index contributed by atoms with van der Waals surface area (Å²) < 4.78 is 0. The molecule has 1 aliphatic rings. The topological polar surface area (TPSA) is 66.1 Å². The zero-order chi connectivity index (χ0) is 18.1. The molecule has 1 aliphatic heterocycles. The Morgan fingerprint density at radius 1 is 1.04 bits per heavy atom. The molecule has 132 valence electrons. The normalized spacial score (nSPS) is 15.3. The number of carbonyl (C=O) groups excluding carboxylic acids is 2. The number of aromatic nitrogens is 2. The third-order valence-electron chi connectivity index (χ3n) is 5.08. The second kappa shape index (κ2) is 6.75. The summed E-state index contributed by atoms with van der Waals surface area (Å²) in [6, 6.07) is 15.1. The summed E-state index contributed by atoms with van der Waals surface area (Å²) in [5, 5.41) is 0. The molecule has 1 fully saturated rings. The monoisotopic (exact) mass is 347 g/mol. The molecule has 2 aromatic carbocycles. The number of aryl methyl sites for hydroxylation is 1. The maximum atomic E-state index is 12.5. The van der Waals surface area contributed by atoms with E-state index in [-0.39, 0.29) is 0 Å². The molecule has 5 heteroatoms. The largest absolute Gasteiger partial charge is 0.342 e. The lowest BCUT2D eigenvalue weighted by Gasteiger charge is -2.30. The Labute approximate surface area is 152 Å². The average molecular weight is 347 g/mol. The van der Waals surface area contributed by atoms with Crippen molar-refractivity contribution < 1.29 is 9.59 Å². The number of amides is 1. The van der Waals surface area contributed by atoms with Gasteiger partial charge in [0.2, 0.25) is 5.78 Å². The summed E-state index contributed by atoms with van der Waals surface area (Å²) in [6.07, 6.45) is 1.62. The lowest BCUT2D eigenvalue weighted by molar-refractivity contribution is -0.127. The van der Waals surface area contributed by atoms with E-state index >= 15 is 0 Å². The van der Waals surface area contributed by atoms with Crippen LogP contribution >= 0.6 is 0 Å². The Kier molecular flexibility index (Phi) is 4.29. The second-order valence-electron chi connectivity index (χ2n) is 6.90. The van der Waals surface area contributed by atoms with Crippen LogP contribution in [-0.2, 0) is 4.79 Å². The third kappa shape index (κ3) is 3.12. The first-order valence-electron chi connectivity index (χ1n) is 8.97. The maximum Gasteiger partial charge on any atom is 0.294 e. The number of aromatic amines is 1. The highest BCUT2D eigenvalue weighted by molar-refractivity contribution is 6.42. The van der Waals surface area contributed by atoms with Crippen LogP contribution in [0, 0.1) is 6.92 Å². The van der Waals surface area contributed by atoms with Crippen LogP contribution in [0.2, 0.25) is 0 Å². The van der Waals surface area contributed by atoms with Gasteiger partial charge in [-0.3, -0.25) is 9.59 Å². The summed E-state index contributed by atoms with van der Waals surface area (Å²) >= 11 is 0. The average Bonchev–Trinajstić information content (AvgIpc) is 3.12. The number of carbonyl (C=O) groups is 2. The number of imidazole rings is 1. The van der Waals surface area contributed by atoms with Gasteiger partial charge in [-0.25, -0.2) is 4.98 Å². The zero-order valence-corrected chi connectivity index (χ0v) is 14.7. The van der Waals surface area contributed by atoms with Crippen molar-refractivity contribution in [2.45, 2.75) is 25.7 Å². The fourth-order valence-electron chi connectivity index (χ4n) is 3.49. The minimum Gasteiger partial charge on any atom is -0.342 e. The molecular weight excluding hydrogens is 326 g/mol. The lowest BCUT2D eigenvalue weighted by Crippen LogP contribution is -2.41. The van der Waals surface area contributed by atoms with E-state index in [1.165, 1.54) is 0 Å². The van der Waals surface area contributed by atoms with Crippen molar-refractivity contribution in [3.8, 4) is 0 Å². The molecule has 0 unspecified atom stereocenters. The number of rotatable bonds is 3. The van der Waals surface area contributed by atoms with Crippen LogP contribution in [-0.4, -0.2) is 39.6 Å². The summed E-state index contributed by atoms with van der Waals surface area (Å²) in [6.45, 7) is 3.12. The van der Waals surface area contributed by atoms with Crippen LogP contribution in [0.5, 0.6) is 0 Å². The molecule has 1 amide bonds. The number of H-pyrrole nitrogens is 1. The van der Waals surface area contributed by atoms with Gasteiger partial charge in [-0.1, -0.05) is 42.0 Å². The molecule has 1 aromatic heterocycles. The van der Waals surface area contributed by atoms with Gasteiger partial charge in [0, 0.05) is 24.6 Å². The van der Waals surface area contributed by atoms with Gasteiger partial charge in [0.05, 0.1) is 11.0 Å². The van der Waals surface area contributed by atoms with Crippen molar-refractivity contribution in [3.05, 3.63) is 65.5 Å². The number of nitrogens with zero attached hydrogens (tertiary/aromatic N) is 2. The molecule has 0 saturated carbocycles. The van der Waals surface area contributed by atoms with E-state index in [1.807, 2.05) is 43.3 Å². The van der Waals surface area contributed by atoms with Crippen molar-refractivity contribution in [1.29, 1.82) is 0 Å². The van der Waals surface area contributed by atoms with Crippen molar-refractivity contribution >= 4 is 22.7 Å². The summed E-state index contributed by atoms with van der Waals surface area (Å²) in [7, 11) is 0. The van der Waals surface area contributed by atoms with Crippen molar-refractivity contribution in [2.75, 3.05) is 13.1 Å². The Balaban J connectivity index is 1.42. The molecule has 3 aromatic rings. The number of ketones is 1. The Morgan fingerprint density at radius 2 is 1.73 bits per heavy atom. The van der Waals surface area contributed by atoms with E-state index in [9.17, 15) is 9.59 Å². The number of nitrogens with one attached hydrogen (secondary N) is 1. The van der Waals surface area contributed by atoms with Gasteiger partial charge in [0.25, 0.3) is 5.91 Å². The van der Waals surface area contributed by atoms with E-state index in [4.69, 9.17) is 0 Å². The molecule has 26 heavy (non-hydrogen) atoms. The minimum atomic E-state index is -0.424. The van der Waals surface area contributed by atoms with Gasteiger partial charge in [-0.15, -0.1) is 0 Å². The van der Waals surface area contributed by atoms with Crippen LogP contribution in [0.25, 0.3) is 11.0 Å². The van der Waals surface area contributed by atoms with Crippen molar-refractivity contribution in [1.82, 2.24) is 14.9 Å². The van der Waals surface area contributed by atoms with Crippen LogP contribution < -0.4 is 0 Å². The smallest absolute Gasteiger partial charge is 0.294 e. The molecule has 2 heterocycles. The first-order chi connectivity index (χ1) is 12.6. The van der Waals surface area contributed by atoms with Gasteiger partial charge in [-0.05, 0) is 31.9 Å². The molecule has 1 N–H and O–H groups in total. The minimum absolute atomic E-state index is 0.293. The Morgan fingerprint density at radius 3 is 2.42 bits per heavy atom. The molecule has 5 nitrogen and oxygen atoms in total. The van der Waals surface area contributed by atoms with Gasteiger partial charge in [0.1, 0.15) is 5.82 Å². The highest BCUT2D eigenvalue weighted by Crippen LogP contribution is 2.28. The van der Waals surface area contributed by atoms with E-state index in [0.717, 1.165) is 35.3 Å². The number of benzene rings is 2. The van der Waals surface area contributed by atoms with E-state index in [1.54, 1.807) is 17.0 Å². The fourth-order valence-corrected chi connectivity index (χ4v) is 3.49. The fraction of sp³-hybridized carbons (Fsp3) is 0.286. The van der Waals surface area contributed by atoms with Crippen LogP contribution in [0.4, 0.5) is 0 Å². The van der Waals surface area contributed by atoms with Crippen LogP contribution in [0.15, 0.2) is 48.5 Å². The highest BCUT2D eigenvalue weighted by Gasteiger charge is 2.29. The Bertz CT molecular complexity index is 918. The van der Waals surface area contributed by atoms with Gasteiger partial charge >= 0.3 is 0 Å². The van der Waals surface area contributed by atoms with Gasteiger partial charge in [0.15, 0.2) is 0 Å². The standard InChI is InChI=1S/C21H21N3O2/c1-14-6-8-15(9-7-14)19(25)21(26)24-12-10-16(11-13-24)20-22-17-4-2-3-5-18(17)23-20/h2-9,16H,10-13H2,1H3,(H,22,23). The first kappa shape index (κ1) is 16.5. The SMILES string of the molecule is Cc1ccc(C(=O)C(=O)N2CCC(c3nc4ccccc4[nH]3)CC2)cc1. The van der Waals surface area contributed by atoms with Crippen molar-refractivity contribution in [3.63, 3.8) is 0 Å². The molecule has 1 saturated heterocycles. The highest BCUT2D eigenvalue weighted by atomic mass is 16.2. The number of Topliss-reactive ketones (excluding diaryl/α,β-unsaturated/α-hetero) is 1. The Hall–Kier alpha value is -2.95. The molecule has 0 bridgehead atoms. The molecular formula is C21H21N3O2. The van der Waals surface area contributed by atoms with E-state index in [2.05, 4.69) is 9.97 Å². The first-order valence-corrected chi connectivity index (χ1v) is 8.97. The summed E-state index contributed by atoms with van der Waals surface area (Å²) in [4.78, 5) is 34.7. The summed E-state index contributed by atoms with van der Waals surface area (Å²) in [5.74, 6) is 0.438. The number of piperidine rings is 1. The van der Waals surface area contributed by atoms with Crippen molar-refractivity contribution in [2.24, 2.45) is 0 Å². The lowest BCUT2D eigenvalue weighted by atomic mass is 9.95. The molecule has 0 radical (unpaired) electrons. The van der Waals surface area contributed by atoms with E-state index in [0.29, 0.717) is 24.6 Å². The second-order valence-corrected chi connectivity index (χ2v) is 6.90. The molecule has 0 spiro atoms. The number of hydrogen-bond donors (Lipinski definition) is 1. The quantitative estimate of drug-likeness (QED) is 0.583. The van der Waals surface area contributed by atoms with Gasteiger partial charge in [-0.2, -0.15) is 0 Å². The molecule has 0 atom stereocenters. The van der Waals surface area contributed by atoms with Crippen LogP contribution in [0.3, 0.4) is 0 Å². The molecule has 4 rings (SSSR count). The van der Waals surface area contributed by atoms with E-state index < -0.39 is 11.7 Å². The molecule has 0 aliphatic carbocycles. The number of hydrogen-bond acceptors (Lipinski definition) is 3. The number of likely N-dealkylation sites (tertiary alicyclic amines) is 1. The predicted octanol–water partition coefficient (Wildman–Crippen LogP) is 3.46. The van der Waals surface area contributed by atoms with Gasteiger partial charge < -0.3 is 9.88 Å². The number of fused-ring (bicyclic) bond motifs is 1. The predicted molar refractivity (Wildman–Crippen MR) is 100 cm³/mol. The maximum absolute atomic E-state index is 12.5. The number of para-hydroxylation sites is 2. The third-order valence-corrected chi connectivity index (χ3v) is 5.08. The summed E-state index contributed by atoms with van der Waals surface area (Å²) in [5.41, 5.74) is 3.53. The zero-order valence-electron chi connectivity index (χ0n) is 14.7.